The molecule has 3 atom stereocenters. The van der Waals surface area contributed by atoms with Crippen LogP contribution in [0.2, 0.25) is 0 Å². The molecule has 0 amide bonds. The van der Waals surface area contributed by atoms with Gasteiger partial charge in [-0.05, 0) is 49.6 Å². The Kier molecular flexibility index (Phi) is 4.44. The lowest BCUT2D eigenvalue weighted by molar-refractivity contribution is 0.379. The van der Waals surface area contributed by atoms with E-state index in [4.69, 9.17) is 4.99 Å². The number of thiol groups is 1. The van der Waals surface area contributed by atoms with Crippen molar-refractivity contribution in [3.63, 3.8) is 0 Å². The molecule has 3 aliphatic rings. The van der Waals surface area contributed by atoms with Crippen molar-refractivity contribution in [3.8, 4) is 0 Å². The number of allylic oxidation sites excluding steroid dienone is 4. The summed E-state index contributed by atoms with van der Waals surface area (Å²) in [6.07, 6.45) is 3.52. The summed E-state index contributed by atoms with van der Waals surface area (Å²) in [5.41, 5.74) is 3.27. The molecule has 0 aromatic heterocycles. The van der Waals surface area contributed by atoms with E-state index in [1.165, 1.54) is 17.3 Å². The molecule has 0 bridgehead atoms. The van der Waals surface area contributed by atoms with E-state index in [1.54, 1.807) is 6.08 Å². The van der Waals surface area contributed by atoms with Crippen molar-refractivity contribution < 1.29 is 8.78 Å². The van der Waals surface area contributed by atoms with Crippen LogP contribution in [0.25, 0.3) is 0 Å². The van der Waals surface area contributed by atoms with Crippen molar-refractivity contribution >= 4 is 24.0 Å². The van der Waals surface area contributed by atoms with Crippen molar-refractivity contribution in [2.75, 3.05) is 18.0 Å². The number of piperidine rings is 1. The minimum atomic E-state index is -1.26. The number of benzene rings is 1. The lowest BCUT2D eigenvalue weighted by Crippen LogP contribution is -2.41. The summed E-state index contributed by atoms with van der Waals surface area (Å²) in [5, 5.41) is 0. The maximum Gasteiger partial charge on any atom is 0.133 e. The third kappa shape index (κ3) is 3.14. The predicted octanol–water partition coefficient (Wildman–Crippen LogP) is 4.84. The van der Waals surface area contributed by atoms with E-state index in [9.17, 15) is 8.78 Å². The van der Waals surface area contributed by atoms with Gasteiger partial charge in [0.2, 0.25) is 0 Å². The molecule has 2 heterocycles. The summed E-state index contributed by atoms with van der Waals surface area (Å²) < 4.78 is 28.3. The minimum absolute atomic E-state index is 0.189. The number of aryl methyl sites for hydroxylation is 1. The molecule has 0 spiro atoms. The Morgan fingerprint density at radius 3 is 2.92 bits per heavy atom. The smallest absolute Gasteiger partial charge is 0.133 e. The zero-order chi connectivity index (χ0) is 17.6. The van der Waals surface area contributed by atoms with E-state index < -0.39 is 12.0 Å². The summed E-state index contributed by atoms with van der Waals surface area (Å²) in [5.74, 6) is -0.120. The van der Waals surface area contributed by atoms with Crippen LogP contribution in [0.1, 0.15) is 24.8 Å². The fraction of sp³-hybridized carbons (Fsp3) is 0.450. The molecule has 1 aromatic rings. The molecule has 1 fully saturated rings. The zero-order valence-corrected chi connectivity index (χ0v) is 15.1. The second-order valence-electron chi connectivity index (χ2n) is 7.18. The van der Waals surface area contributed by atoms with Crippen LogP contribution in [0, 0.1) is 12.8 Å². The van der Waals surface area contributed by atoms with Crippen LogP contribution in [0.5, 0.6) is 0 Å². The summed E-state index contributed by atoms with van der Waals surface area (Å²) in [6.45, 7) is 3.90. The van der Waals surface area contributed by atoms with Crippen molar-refractivity contribution in [1.29, 1.82) is 0 Å². The Hall–Kier alpha value is -1.62. The average molecular weight is 360 g/mol. The van der Waals surface area contributed by atoms with Crippen molar-refractivity contribution in [1.82, 2.24) is 0 Å². The van der Waals surface area contributed by atoms with Gasteiger partial charge in [-0.25, -0.2) is 8.78 Å². The normalized spacial score (nSPS) is 29.0. The van der Waals surface area contributed by atoms with Gasteiger partial charge in [0.05, 0.1) is 6.04 Å². The van der Waals surface area contributed by atoms with Gasteiger partial charge in [0.1, 0.15) is 12.0 Å². The van der Waals surface area contributed by atoms with Gasteiger partial charge < -0.3 is 4.90 Å². The molecule has 5 heteroatoms. The van der Waals surface area contributed by atoms with Gasteiger partial charge in [-0.1, -0.05) is 6.08 Å². The van der Waals surface area contributed by atoms with Crippen molar-refractivity contribution in [3.05, 3.63) is 47.3 Å². The maximum absolute atomic E-state index is 14.2. The third-order valence-corrected chi connectivity index (χ3v) is 5.76. The van der Waals surface area contributed by atoms with Crippen LogP contribution < -0.4 is 4.90 Å². The Labute approximate surface area is 152 Å². The topological polar surface area (TPSA) is 15.6 Å². The zero-order valence-electron chi connectivity index (χ0n) is 14.3. The Balaban J connectivity index is 1.53. The number of fused-ring (bicyclic) bond motifs is 1. The Morgan fingerprint density at radius 2 is 2.16 bits per heavy atom. The maximum atomic E-state index is 14.2. The van der Waals surface area contributed by atoms with E-state index in [0.717, 1.165) is 24.4 Å². The summed E-state index contributed by atoms with van der Waals surface area (Å²) in [7, 11) is 0. The molecule has 1 aliphatic carbocycles. The van der Waals surface area contributed by atoms with E-state index in [2.05, 4.69) is 36.6 Å². The van der Waals surface area contributed by atoms with Gasteiger partial charge in [0.25, 0.3) is 0 Å². The fourth-order valence-electron chi connectivity index (χ4n) is 4.25. The largest absolute Gasteiger partial charge is 0.371 e. The quantitative estimate of drug-likeness (QED) is 0.746. The first-order chi connectivity index (χ1) is 12.0. The third-order valence-electron chi connectivity index (χ3n) is 5.48. The average Bonchev–Trinajstić information content (AvgIpc) is 2.97. The molecule has 0 saturated carbocycles. The molecular weight excluding hydrogens is 338 g/mol. The molecule has 1 aromatic carbocycles. The molecule has 132 valence electrons. The van der Waals surface area contributed by atoms with Crippen LogP contribution in [-0.2, 0) is 0 Å². The lowest BCUT2D eigenvalue weighted by atomic mass is 9.88. The standard InChI is InChI=1S/C20H22F2N2S/c1-12-9-14(25)5-6-19(12)24-8-7-17-13(11-24)10-18(23-17)20-15(21)3-2-4-16(20)22/h2-3,5-6,9,13,16-17,25H,4,7-8,10-11H2,1H3. The Bertz CT molecular complexity index is 784. The highest BCUT2D eigenvalue weighted by molar-refractivity contribution is 7.80. The van der Waals surface area contributed by atoms with Gasteiger partial charge >= 0.3 is 0 Å². The van der Waals surface area contributed by atoms with Crippen molar-refractivity contribution in [2.24, 2.45) is 10.9 Å². The number of anilines is 1. The molecule has 0 radical (unpaired) electrons. The van der Waals surface area contributed by atoms with E-state index >= 15 is 0 Å². The van der Waals surface area contributed by atoms with E-state index in [1.807, 2.05) is 6.07 Å². The number of hydrogen-bond acceptors (Lipinski definition) is 3. The molecule has 4 rings (SSSR count). The van der Waals surface area contributed by atoms with Crippen LogP contribution in [0.4, 0.5) is 14.5 Å². The van der Waals surface area contributed by atoms with Crippen LogP contribution in [0.3, 0.4) is 0 Å². The first kappa shape index (κ1) is 16.8. The molecule has 2 nitrogen and oxygen atoms in total. The number of nitrogens with zero attached hydrogens (tertiary/aromatic N) is 2. The van der Waals surface area contributed by atoms with Gasteiger partial charge in [0, 0.05) is 47.3 Å². The van der Waals surface area contributed by atoms with Crippen molar-refractivity contribution in [2.45, 2.75) is 43.3 Å². The number of alkyl halides is 1. The van der Waals surface area contributed by atoms with Gasteiger partial charge in [-0.2, -0.15) is 0 Å². The summed E-state index contributed by atoms with van der Waals surface area (Å²) >= 11 is 4.39. The molecule has 1 saturated heterocycles. The molecular formula is C20H22F2N2S. The summed E-state index contributed by atoms with van der Waals surface area (Å²) in [4.78, 5) is 8.04. The van der Waals surface area contributed by atoms with Gasteiger partial charge in [0.15, 0.2) is 0 Å². The molecule has 2 aliphatic heterocycles. The van der Waals surface area contributed by atoms with E-state index in [0.29, 0.717) is 18.1 Å². The second kappa shape index (κ2) is 6.60. The highest BCUT2D eigenvalue weighted by Gasteiger charge is 2.38. The second-order valence-corrected chi connectivity index (χ2v) is 7.70. The van der Waals surface area contributed by atoms with Crippen LogP contribution in [-0.4, -0.2) is 31.0 Å². The van der Waals surface area contributed by atoms with Gasteiger partial charge in [-0.3, -0.25) is 4.99 Å². The monoisotopic (exact) mass is 360 g/mol. The molecule has 0 N–H and O–H groups in total. The van der Waals surface area contributed by atoms with Crippen LogP contribution in [0.15, 0.2) is 51.6 Å². The number of halogens is 2. The number of aliphatic imine (C=N–C) groups is 1. The van der Waals surface area contributed by atoms with Crippen LogP contribution >= 0.6 is 12.6 Å². The molecule has 25 heavy (non-hydrogen) atoms. The number of rotatable bonds is 2. The van der Waals surface area contributed by atoms with Gasteiger partial charge in [-0.15, -0.1) is 12.6 Å². The number of hydrogen-bond donors (Lipinski definition) is 1. The highest BCUT2D eigenvalue weighted by Crippen LogP contribution is 2.37. The minimum Gasteiger partial charge on any atom is -0.371 e. The first-order valence-electron chi connectivity index (χ1n) is 8.85. The molecule has 3 unspecified atom stereocenters. The Morgan fingerprint density at radius 1 is 1.32 bits per heavy atom. The lowest BCUT2D eigenvalue weighted by Gasteiger charge is -2.36. The highest BCUT2D eigenvalue weighted by atomic mass is 32.1. The SMILES string of the molecule is Cc1cc(S)ccc1N1CCC2N=C(C3=C(F)C=CCC3F)CC2C1. The first-order valence-corrected chi connectivity index (χ1v) is 9.29. The fourth-order valence-corrected chi connectivity index (χ4v) is 4.52. The van der Waals surface area contributed by atoms with E-state index in [-0.39, 0.29) is 18.0 Å². The predicted molar refractivity (Wildman–Crippen MR) is 101 cm³/mol. The summed E-state index contributed by atoms with van der Waals surface area (Å²) in [6, 6.07) is 6.38.